The molecule has 6 unspecified atom stereocenters. The molecule has 0 spiro atoms. The fraction of sp³-hybridized carbons (Fsp3) is 0.833. The largest absolute Gasteiger partial charge is 0.412 e. The summed E-state index contributed by atoms with van der Waals surface area (Å²) in [6.45, 7) is 33.4. The Morgan fingerprint density at radius 3 is 1.96 bits per heavy atom. The van der Waals surface area contributed by atoms with Crippen molar-refractivity contribution in [1.29, 1.82) is 0 Å². The second-order valence-electron chi connectivity index (χ2n) is 19.3. The highest BCUT2D eigenvalue weighted by molar-refractivity contribution is 6.71. The van der Waals surface area contributed by atoms with Gasteiger partial charge in [-0.15, -0.1) is 0 Å². The van der Waals surface area contributed by atoms with Crippen LogP contribution in [0.4, 0.5) is 4.39 Å². The van der Waals surface area contributed by atoms with E-state index in [0.29, 0.717) is 25.2 Å². The van der Waals surface area contributed by atoms with Gasteiger partial charge >= 0.3 is 0 Å². The number of alkyl halides is 1. The summed E-state index contributed by atoms with van der Waals surface area (Å²) in [5, 5.41) is 9.02. The van der Waals surface area contributed by atoms with Crippen molar-refractivity contribution in [2.24, 2.45) is 38.9 Å². The van der Waals surface area contributed by atoms with Crippen molar-refractivity contribution in [1.82, 2.24) is 0 Å². The molecular formula is C36H67FN2O6Si4. The zero-order valence-corrected chi connectivity index (χ0v) is 37.7. The number of hydrogen-bond donors (Lipinski definition) is 0. The summed E-state index contributed by atoms with van der Waals surface area (Å²) >= 11 is 0. The van der Waals surface area contributed by atoms with Gasteiger partial charge in [0.1, 0.15) is 31.2 Å². The molecule has 13 heteroatoms. The van der Waals surface area contributed by atoms with E-state index in [1.54, 1.807) is 14.2 Å². The Morgan fingerprint density at radius 2 is 1.45 bits per heavy atom. The van der Waals surface area contributed by atoms with Crippen molar-refractivity contribution < 1.29 is 31.8 Å². The number of fused-ring (bicyclic) bond motifs is 5. The van der Waals surface area contributed by atoms with Crippen molar-refractivity contribution in [3.05, 3.63) is 23.8 Å². The number of rotatable bonds is 12. The summed E-state index contributed by atoms with van der Waals surface area (Å²) in [7, 11) is -5.36. The third-order valence-corrected chi connectivity index (χ3v) is 15.0. The van der Waals surface area contributed by atoms with E-state index in [0.717, 1.165) is 17.7 Å². The lowest BCUT2D eigenvalue weighted by Crippen LogP contribution is -2.73. The van der Waals surface area contributed by atoms with Crippen LogP contribution in [-0.4, -0.2) is 89.0 Å². The molecule has 280 valence electrons. The Hall–Kier alpha value is -0.942. The minimum absolute atomic E-state index is 0.0340. The summed E-state index contributed by atoms with van der Waals surface area (Å²) in [5.41, 5.74) is -1.65. The van der Waals surface area contributed by atoms with Gasteiger partial charge in [-0.3, -0.25) is 0 Å². The second-order valence-corrected chi connectivity index (χ2v) is 37.2. The zero-order valence-electron chi connectivity index (χ0n) is 33.7. The highest BCUT2D eigenvalue weighted by Crippen LogP contribution is 2.72. The molecule has 4 aliphatic carbocycles. The first kappa shape index (κ1) is 40.8. The van der Waals surface area contributed by atoms with E-state index in [9.17, 15) is 0 Å². The van der Waals surface area contributed by atoms with Gasteiger partial charge in [0, 0.05) is 16.7 Å². The fourth-order valence-electron chi connectivity index (χ4n) is 9.74. The lowest BCUT2D eigenvalue weighted by molar-refractivity contribution is -0.209. The smallest absolute Gasteiger partial charge is 0.185 e. The minimum Gasteiger partial charge on any atom is -0.412 e. The summed E-state index contributed by atoms with van der Waals surface area (Å²) < 4.78 is 47.7. The standard InChI is InChI=1S/C36H67FN2O6Si4/c1-25-20-27-28-22-30(43-47(9,10)11)29-21-26(38-40-4)18-19-33(29,2)35(28,37)32(44-48(12,13)14)23-34(27,3)36(25,45-49(15,16)17)31(39-41-5)24-42-46(6,7)8/h18-19,21,25,27-28,30,32H,20,22-24H2,1-17H3/b38-26+,39-31-/t25-,27?,28?,30?,32?,33?,34?,35+,36+/m1/s1. The van der Waals surface area contributed by atoms with Crippen LogP contribution in [0.3, 0.4) is 0 Å². The Balaban J connectivity index is 2.03. The fourth-order valence-corrected chi connectivity index (χ4v) is 14.0. The SMILES string of the molecule is CO/N=C(/CO[Si](C)(C)C)[C@@]1(O[Si](C)(C)C)[C@H](C)CC2C3CC(O[Si](C)(C)C)C4=C/C(=N/OC)C=CC4(C)[C@@]3(F)C(O[Si](C)(C)C)CC21C. The van der Waals surface area contributed by atoms with E-state index in [1.807, 2.05) is 18.2 Å². The molecule has 0 amide bonds. The van der Waals surface area contributed by atoms with Gasteiger partial charge in [0.05, 0.1) is 18.8 Å². The van der Waals surface area contributed by atoms with E-state index in [4.69, 9.17) is 32.5 Å². The van der Waals surface area contributed by atoms with Gasteiger partial charge in [-0.1, -0.05) is 30.2 Å². The molecule has 0 bridgehead atoms. The molecule has 0 aromatic carbocycles. The molecule has 0 radical (unpaired) electrons. The van der Waals surface area contributed by atoms with E-state index >= 15 is 4.39 Å². The summed E-state index contributed by atoms with van der Waals surface area (Å²) in [5.74, 6) is -0.363. The van der Waals surface area contributed by atoms with Gasteiger partial charge < -0.3 is 27.4 Å². The van der Waals surface area contributed by atoms with Crippen LogP contribution in [0.5, 0.6) is 0 Å². The molecule has 4 rings (SSSR count). The van der Waals surface area contributed by atoms with Crippen molar-refractivity contribution in [3.8, 4) is 0 Å². The molecule has 0 aromatic heterocycles. The predicted molar refractivity (Wildman–Crippen MR) is 209 cm³/mol. The van der Waals surface area contributed by atoms with E-state index in [2.05, 4.69) is 104 Å². The van der Waals surface area contributed by atoms with E-state index < -0.39 is 61.5 Å². The molecule has 0 aromatic rings. The van der Waals surface area contributed by atoms with Gasteiger partial charge in [0.25, 0.3) is 0 Å². The minimum atomic E-state index is -2.27. The van der Waals surface area contributed by atoms with Crippen LogP contribution >= 0.6 is 0 Å². The molecular weight excluding hydrogens is 688 g/mol. The Bertz CT molecular complexity index is 1360. The molecule has 0 N–H and O–H groups in total. The first-order valence-corrected chi connectivity index (χ1v) is 31.8. The molecule has 4 aliphatic rings. The Labute approximate surface area is 301 Å². The van der Waals surface area contributed by atoms with Gasteiger partial charge in [-0.2, -0.15) is 0 Å². The number of hydrogen-bond acceptors (Lipinski definition) is 8. The summed E-state index contributed by atoms with van der Waals surface area (Å²) in [6, 6.07) is 0. The number of nitrogens with zero attached hydrogens (tertiary/aromatic N) is 2. The molecule has 0 aliphatic heterocycles. The number of oxime groups is 2. The lowest BCUT2D eigenvalue weighted by atomic mass is 9.44. The first-order valence-electron chi connectivity index (χ1n) is 18.2. The first-order chi connectivity index (χ1) is 22.2. The maximum absolute atomic E-state index is 19.4. The molecule has 0 heterocycles. The maximum Gasteiger partial charge on any atom is 0.185 e. The molecule has 3 fully saturated rings. The number of halogens is 1. The highest BCUT2D eigenvalue weighted by Gasteiger charge is 2.77. The summed E-state index contributed by atoms with van der Waals surface area (Å²) in [4.78, 5) is 10.8. The van der Waals surface area contributed by atoms with E-state index in [1.165, 1.54) is 0 Å². The summed E-state index contributed by atoms with van der Waals surface area (Å²) in [6.07, 6.45) is 6.84. The second kappa shape index (κ2) is 13.5. The topological polar surface area (TPSA) is 80.1 Å². The van der Waals surface area contributed by atoms with Crippen molar-refractivity contribution in [2.45, 2.75) is 142 Å². The van der Waals surface area contributed by atoms with Crippen LogP contribution in [-0.2, 0) is 27.4 Å². The van der Waals surface area contributed by atoms with Crippen LogP contribution in [0, 0.1) is 28.6 Å². The van der Waals surface area contributed by atoms with Crippen LogP contribution in [0.1, 0.15) is 40.0 Å². The van der Waals surface area contributed by atoms with Crippen molar-refractivity contribution in [2.75, 3.05) is 20.8 Å². The highest BCUT2D eigenvalue weighted by atomic mass is 28.4. The monoisotopic (exact) mass is 754 g/mol. The molecule has 49 heavy (non-hydrogen) atoms. The van der Waals surface area contributed by atoms with Crippen molar-refractivity contribution >= 4 is 44.7 Å². The lowest BCUT2D eigenvalue weighted by Gasteiger charge is -2.66. The average molecular weight is 755 g/mol. The third-order valence-electron chi connectivity index (χ3n) is 11.1. The van der Waals surface area contributed by atoms with Crippen LogP contribution < -0.4 is 0 Å². The van der Waals surface area contributed by atoms with Crippen LogP contribution in [0.2, 0.25) is 78.6 Å². The average Bonchev–Trinajstić information content (AvgIpc) is 3.12. The van der Waals surface area contributed by atoms with E-state index in [-0.39, 0.29) is 23.9 Å². The molecule has 8 nitrogen and oxygen atoms in total. The van der Waals surface area contributed by atoms with Crippen LogP contribution in [0.15, 0.2) is 34.1 Å². The Morgan fingerprint density at radius 1 is 0.837 bits per heavy atom. The van der Waals surface area contributed by atoms with Gasteiger partial charge in [-0.25, -0.2) is 4.39 Å². The van der Waals surface area contributed by atoms with Gasteiger partial charge in [0.2, 0.25) is 0 Å². The Kier molecular flexibility index (Phi) is 11.2. The predicted octanol–water partition coefficient (Wildman–Crippen LogP) is 9.17. The molecule has 3 saturated carbocycles. The van der Waals surface area contributed by atoms with Crippen LogP contribution in [0.25, 0.3) is 0 Å². The van der Waals surface area contributed by atoms with Gasteiger partial charge in [-0.05, 0) is 134 Å². The maximum atomic E-state index is 19.4. The normalized spacial score (nSPS) is 39.3. The molecule has 0 saturated heterocycles. The quantitative estimate of drug-likeness (QED) is 0.112. The van der Waals surface area contributed by atoms with Crippen molar-refractivity contribution in [3.63, 3.8) is 0 Å². The van der Waals surface area contributed by atoms with Gasteiger partial charge in [0.15, 0.2) is 38.9 Å². The zero-order chi connectivity index (χ0) is 37.2. The molecule has 9 atom stereocenters. The third kappa shape index (κ3) is 7.61. The number of allylic oxidation sites excluding steroid dienone is 3.